The first-order chi connectivity index (χ1) is 6.24. The molecule has 0 unspecified atom stereocenters. The van der Waals surface area contributed by atoms with Gasteiger partial charge in [-0.3, -0.25) is 10.1 Å². The van der Waals surface area contributed by atoms with E-state index >= 15 is 0 Å². The molecule has 3 heteroatoms. The lowest BCUT2D eigenvalue weighted by Crippen LogP contribution is -1.90. The summed E-state index contributed by atoms with van der Waals surface area (Å²) in [5.74, 6) is 0. The number of fused-ring (bicyclic) bond motifs is 1. The number of benzene rings is 1. The number of hydrogen-bond acceptors (Lipinski definition) is 2. The Balaban J connectivity index is 2.58. The lowest BCUT2D eigenvalue weighted by atomic mass is 10.6. The maximum absolute atomic E-state index is 10.7. The van der Waals surface area contributed by atoms with E-state index in [0.29, 0.717) is 5.56 Å². The van der Waals surface area contributed by atoms with E-state index in [1.807, 2.05) is 25.1 Å². The number of hydrogen-bond donors (Lipinski definition) is 0. The topological polar surface area (TPSA) is 43.1 Å². The van der Waals surface area contributed by atoms with Gasteiger partial charge in [0.25, 0.3) is 5.69 Å². The van der Waals surface area contributed by atoms with E-state index in [2.05, 4.69) is 0 Å². The van der Waals surface area contributed by atoms with Crippen LogP contribution in [0.15, 0.2) is 18.2 Å². The zero-order valence-electron chi connectivity index (χ0n) is 7.28. The van der Waals surface area contributed by atoms with Crippen LogP contribution in [0.3, 0.4) is 0 Å². The molecular weight excluding hydrogens is 172 g/mol. The molecule has 0 spiro atoms. The van der Waals surface area contributed by atoms with Crippen LogP contribution in [-0.2, 0) is 6.42 Å². The molecule has 1 aromatic rings. The Morgan fingerprint density at radius 2 is 2.31 bits per heavy atom. The van der Waals surface area contributed by atoms with Gasteiger partial charge in [0, 0.05) is 12.0 Å². The van der Waals surface area contributed by atoms with Crippen LogP contribution in [0, 0.1) is 10.1 Å². The normalized spacial score (nSPS) is 13.0. The van der Waals surface area contributed by atoms with Crippen molar-refractivity contribution in [2.75, 3.05) is 0 Å². The first-order valence-electron chi connectivity index (χ1n) is 4.16. The monoisotopic (exact) mass is 181 g/mol. The van der Waals surface area contributed by atoms with Gasteiger partial charge < -0.3 is 0 Å². The predicted molar refractivity (Wildman–Crippen MR) is 50.6 cm³/mol. The van der Waals surface area contributed by atoms with Crippen LogP contribution in [0.25, 0.3) is 6.08 Å². The quantitative estimate of drug-likeness (QED) is 0.527. The van der Waals surface area contributed by atoms with Crippen molar-refractivity contribution in [3.8, 4) is 0 Å². The van der Waals surface area contributed by atoms with Gasteiger partial charge in [0.2, 0.25) is 0 Å². The lowest BCUT2D eigenvalue weighted by Gasteiger charge is -1.94. The fraction of sp³-hybridized carbons (Fsp3) is 0.200. The van der Waals surface area contributed by atoms with Crippen molar-refractivity contribution in [3.63, 3.8) is 0 Å². The molecule has 13 heavy (non-hydrogen) atoms. The Bertz CT molecular complexity index is 408. The Labute approximate surface area is 75.8 Å². The molecule has 0 atom stereocenters. The molecule has 0 heterocycles. The number of rotatable bonds is 2. The van der Waals surface area contributed by atoms with Crippen molar-refractivity contribution in [1.29, 1.82) is 0 Å². The third-order valence-corrected chi connectivity index (χ3v) is 2.18. The Hall–Kier alpha value is -1.64. The summed E-state index contributed by atoms with van der Waals surface area (Å²) in [7, 11) is 0. The first kappa shape index (κ1) is 7.98. The lowest BCUT2D eigenvalue weighted by molar-refractivity contribution is -0.385. The van der Waals surface area contributed by atoms with Crippen molar-refractivity contribution in [2.24, 2.45) is 0 Å². The molecule has 0 aliphatic heterocycles. The average Bonchev–Trinajstić information content (AvgIpc) is 2.82. The van der Waals surface area contributed by atoms with Gasteiger partial charge in [0.05, 0.1) is 10.5 Å². The van der Waals surface area contributed by atoms with Gasteiger partial charge in [-0.1, -0.05) is 18.2 Å². The van der Waals surface area contributed by atoms with Gasteiger partial charge in [-0.05, 0) is 18.6 Å². The van der Waals surface area contributed by atoms with E-state index < -0.39 is 0 Å². The summed E-state index contributed by atoms with van der Waals surface area (Å²) in [4.78, 5) is 10.4. The van der Waals surface area contributed by atoms with E-state index in [1.54, 1.807) is 6.08 Å². The zero-order valence-corrected chi connectivity index (χ0v) is 7.28. The number of nitrogens with zero attached hydrogens (tertiary/aromatic N) is 1. The fourth-order valence-corrected chi connectivity index (χ4v) is 1.51. The maximum atomic E-state index is 10.7. The van der Waals surface area contributed by atoms with Crippen LogP contribution in [0.4, 0.5) is 5.69 Å². The Morgan fingerprint density at radius 1 is 1.54 bits per heavy atom. The molecule has 0 aromatic heterocycles. The summed E-state index contributed by atoms with van der Waals surface area (Å²) in [6, 6.07) is 3.77. The van der Waals surface area contributed by atoms with Crippen molar-refractivity contribution in [1.82, 2.24) is 0 Å². The van der Waals surface area contributed by atoms with E-state index in [-0.39, 0.29) is 10.6 Å². The van der Waals surface area contributed by atoms with Gasteiger partial charge in [-0.25, -0.2) is 0 Å². The van der Waals surface area contributed by atoms with Crippen LogP contribution in [0.5, 0.6) is 0 Å². The molecule has 0 saturated heterocycles. The largest absolute Gasteiger partial charge is 0.280 e. The molecule has 0 radical (unpaired) electrons. The van der Waals surface area contributed by atoms with Gasteiger partial charge >= 0.3 is 0 Å². The minimum Gasteiger partial charge on any atom is -0.258 e. The smallest absolute Gasteiger partial charge is 0.258 e. The van der Waals surface area contributed by atoms with Gasteiger partial charge in [0.1, 0.15) is 0 Å². The van der Waals surface area contributed by atoms with Gasteiger partial charge in [0.15, 0.2) is 0 Å². The van der Waals surface area contributed by atoms with E-state index in [0.717, 1.165) is 17.5 Å². The van der Waals surface area contributed by atoms with Crippen LogP contribution < -0.4 is 0 Å². The number of allylic oxidation sites excluding steroid dienone is 1. The molecule has 0 saturated carbocycles. The van der Waals surface area contributed by atoms with Crippen molar-refractivity contribution >= 4 is 11.8 Å². The van der Waals surface area contributed by atoms with Crippen molar-refractivity contribution < 1.29 is 4.92 Å². The minimum absolute atomic E-state index is 0.288. The highest BCUT2D eigenvalue weighted by Gasteiger charge is 2.30. The third kappa shape index (κ3) is 1.22. The second-order valence-corrected chi connectivity index (χ2v) is 3.07. The molecule has 0 bridgehead atoms. The third-order valence-electron chi connectivity index (χ3n) is 2.18. The molecule has 1 aliphatic rings. The number of nitro benzene ring substituents is 1. The second-order valence-electron chi connectivity index (χ2n) is 3.07. The van der Waals surface area contributed by atoms with Gasteiger partial charge in [-0.2, -0.15) is 0 Å². The maximum Gasteiger partial charge on any atom is 0.280 e. The van der Waals surface area contributed by atoms with Gasteiger partial charge in [-0.15, -0.1) is 0 Å². The highest BCUT2D eigenvalue weighted by Crippen LogP contribution is 2.39. The zero-order chi connectivity index (χ0) is 9.42. The molecule has 0 amide bonds. The summed E-state index contributed by atoms with van der Waals surface area (Å²) in [5, 5.41) is 10.7. The average molecular weight is 181 g/mol. The summed E-state index contributed by atoms with van der Waals surface area (Å²) in [6.07, 6.45) is 4.38. The van der Waals surface area contributed by atoms with Crippen molar-refractivity contribution in [3.05, 3.63) is 45.0 Å². The van der Waals surface area contributed by atoms with Crippen LogP contribution >= 0.6 is 0 Å². The summed E-state index contributed by atoms with van der Waals surface area (Å²) >= 11 is 0. The Kier molecular flexibility index (Phi) is 1.65. The van der Waals surface area contributed by atoms with E-state index in [1.165, 1.54) is 0 Å². The van der Waals surface area contributed by atoms with Crippen molar-refractivity contribution in [2.45, 2.75) is 13.3 Å². The molecule has 66 valence electrons. The molecule has 1 aromatic carbocycles. The van der Waals surface area contributed by atoms with Crippen LogP contribution in [0.1, 0.15) is 23.6 Å². The highest BCUT2D eigenvalue weighted by molar-refractivity contribution is 5.71. The SMILES string of the molecule is CC=C[13c]1[13cH][13cH][13c]2[13c]([13c]1[N+](=O)[O-])C2. The van der Waals surface area contributed by atoms with Crippen LogP contribution in [0.2, 0.25) is 0 Å². The van der Waals surface area contributed by atoms with E-state index in [9.17, 15) is 10.1 Å². The summed E-state index contributed by atoms with van der Waals surface area (Å²) < 4.78 is 0. The first-order valence-corrected chi connectivity index (χ1v) is 4.16. The molecule has 0 fully saturated rings. The number of nitro groups is 1. The second kappa shape index (κ2) is 2.69. The molecule has 0 N–H and O–H groups in total. The van der Waals surface area contributed by atoms with Crippen LogP contribution in [-0.4, -0.2) is 4.92 Å². The predicted octanol–water partition coefficient (Wildman–Crippen LogP) is 2.53. The molecule has 1 aliphatic carbocycles. The minimum atomic E-state index is -0.291. The molecular formula is C10H9NO2. The fourth-order valence-electron chi connectivity index (χ4n) is 1.51. The molecule has 2 rings (SSSR count). The van der Waals surface area contributed by atoms with E-state index in [4.69, 9.17) is 0 Å². The highest BCUT2D eigenvalue weighted by atomic mass is 16.6. The summed E-state index contributed by atoms with van der Waals surface area (Å²) in [6.45, 7) is 1.86. The molecule has 3 nitrogen and oxygen atoms in total. The summed E-state index contributed by atoms with van der Waals surface area (Å²) in [5.41, 5.74) is 3.01. The standard InChI is InChI=1S/C10H9NO2/c1-2-3-7-4-5-8-6-9(8)10(7)11(12)13/h2-5H,6H2,1H3/i4+1,5+1,7+1,8+1,9+1,10+1. The Morgan fingerprint density at radius 3 is 2.92 bits per heavy atom.